The van der Waals surface area contributed by atoms with Crippen LogP contribution in [0.3, 0.4) is 0 Å². The van der Waals surface area contributed by atoms with E-state index in [1.165, 1.54) is 0 Å². The van der Waals surface area contributed by atoms with E-state index in [0.29, 0.717) is 30.2 Å². The van der Waals surface area contributed by atoms with E-state index in [-0.39, 0.29) is 11.9 Å². The summed E-state index contributed by atoms with van der Waals surface area (Å²) in [6.45, 7) is 0.783. The van der Waals surface area contributed by atoms with Gasteiger partial charge in [-0.1, -0.05) is 6.07 Å². The molecule has 4 heterocycles. The molecule has 0 aromatic carbocycles. The third-order valence-electron chi connectivity index (χ3n) is 4.97. The number of piperidine rings is 1. The van der Waals surface area contributed by atoms with Crippen molar-refractivity contribution in [3.63, 3.8) is 0 Å². The van der Waals surface area contributed by atoms with Crippen molar-refractivity contribution in [1.82, 2.24) is 29.7 Å². The molecule has 0 aliphatic carbocycles. The van der Waals surface area contributed by atoms with Crippen LogP contribution in [0.2, 0.25) is 0 Å². The third kappa shape index (κ3) is 3.60. The number of pyridine rings is 1. The molecule has 0 unspecified atom stereocenters. The summed E-state index contributed by atoms with van der Waals surface area (Å²) in [5, 5.41) is 12.6. The predicted octanol–water partition coefficient (Wildman–Crippen LogP) is 2.21. The average Bonchev–Trinajstić information content (AvgIpc) is 3.14. The molecule has 1 saturated heterocycles. The zero-order valence-corrected chi connectivity index (χ0v) is 15.3. The Morgan fingerprint density at radius 1 is 1.26 bits per heavy atom. The number of carbonyl (C=O) groups is 1. The van der Waals surface area contributed by atoms with Crippen molar-refractivity contribution in [2.45, 2.75) is 38.1 Å². The van der Waals surface area contributed by atoms with Crippen LogP contribution < -0.4 is 4.74 Å². The molecule has 4 rings (SSSR count). The zero-order chi connectivity index (χ0) is 18.6. The van der Waals surface area contributed by atoms with E-state index >= 15 is 0 Å². The Balaban J connectivity index is 1.48. The second-order valence-corrected chi connectivity index (χ2v) is 6.65. The Labute approximate surface area is 157 Å². The molecule has 1 atom stereocenters. The summed E-state index contributed by atoms with van der Waals surface area (Å²) in [4.78, 5) is 19.1. The molecule has 8 heteroatoms. The second-order valence-electron chi connectivity index (χ2n) is 6.65. The predicted molar refractivity (Wildman–Crippen MR) is 98.2 cm³/mol. The van der Waals surface area contributed by atoms with E-state index in [1.54, 1.807) is 30.0 Å². The van der Waals surface area contributed by atoms with Gasteiger partial charge in [0.15, 0.2) is 11.5 Å². The minimum atomic E-state index is 0.105. The van der Waals surface area contributed by atoms with Gasteiger partial charge in [0.05, 0.1) is 13.2 Å². The lowest BCUT2D eigenvalue weighted by atomic mass is 9.96. The van der Waals surface area contributed by atoms with Gasteiger partial charge in [-0.3, -0.25) is 9.78 Å². The Hall–Kier alpha value is -3.03. The van der Waals surface area contributed by atoms with Gasteiger partial charge < -0.3 is 9.64 Å². The van der Waals surface area contributed by atoms with Crippen molar-refractivity contribution >= 4 is 11.6 Å². The number of methoxy groups -OCH3 is 1. The summed E-state index contributed by atoms with van der Waals surface area (Å²) < 4.78 is 6.80. The largest absolute Gasteiger partial charge is 0.480 e. The summed E-state index contributed by atoms with van der Waals surface area (Å²) in [6.07, 6.45) is 7.61. The maximum Gasteiger partial charge on any atom is 0.231 e. The minimum Gasteiger partial charge on any atom is -0.480 e. The molecule has 1 aliphatic heterocycles. The number of aromatic nitrogens is 5. The number of fused-ring (bicyclic) bond motifs is 1. The molecule has 1 aliphatic rings. The lowest BCUT2D eigenvalue weighted by Crippen LogP contribution is -2.38. The molecule has 0 bridgehead atoms. The van der Waals surface area contributed by atoms with Crippen LogP contribution in [0.5, 0.6) is 5.88 Å². The number of rotatable bonds is 5. The first-order chi connectivity index (χ1) is 13.3. The molecule has 140 valence electrons. The van der Waals surface area contributed by atoms with E-state index in [4.69, 9.17) is 4.74 Å². The van der Waals surface area contributed by atoms with Gasteiger partial charge in [0.25, 0.3) is 0 Å². The highest BCUT2D eigenvalue weighted by Gasteiger charge is 2.28. The number of amides is 1. The molecule has 0 spiro atoms. The van der Waals surface area contributed by atoms with E-state index in [0.717, 1.165) is 31.4 Å². The van der Waals surface area contributed by atoms with E-state index in [9.17, 15) is 4.79 Å². The molecule has 27 heavy (non-hydrogen) atoms. The van der Waals surface area contributed by atoms with Crippen molar-refractivity contribution in [2.24, 2.45) is 0 Å². The average molecular weight is 366 g/mol. The molecular weight excluding hydrogens is 344 g/mol. The standard InChI is InChI=1S/C19H22N6O2/c1-27-18-9-7-16-21-22-17(25(16)23-18)8-10-19(26)24-12-3-2-6-15(24)14-5-4-11-20-13-14/h4-5,7,9,11,13,15H,2-3,6,8,10,12H2,1H3/t15-/m0/s1. The maximum absolute atomic E-state index is 12.9. The molecule has 1 fully saturated rings. The Bertz CT molecular complexity index is 926. The van der Waals surface area contributed by atoms with Crippen LogP contribution in [-0.4, -0.2) is 49.3 Å². The summed E-state index contributed by atoms with van der Waals surface area (Å²) in [7, 11) is 1.57. The molecule has 3 aromatic rings. The van der Waals surface area contributed by atoms with Crippen LogP contribution in [0.25, 0.3) is 5.65 Å². The summed E-state index contributed by atoms with van der Waals surface area (Å²) in [5.74, 6) is 1.28. The quantitative estimate of drug-likeness (QED) is 0.688. The Morgan fingerprint density at radius 2 is 2.19 bits per heavy atom. The number of hydrogen-bond donors (Lipinski definition) is 0. The molecule has 0 saturated carbocycles. The number of nitrogens with zero attached hydrogens (tertiary/aromatic N) is 6. The smallest absolute Gasteiger partial charge is 0.231 e. The first kappa shape index (κ1) is 17.4. The molecule has 8 nitrogen and oxygen atoms in total. The van der Waals surface area contributed by atoms with Crippen molar-refractivity contribution in [1.29, 1.82) is 0 Å². The first-order valence-electron chi connectivity index (χ1n) is 9.21. The van der Waals surface area contributed by atoms with Crippen molar-refractivity contribution < 1.29 is 9.53 Å². The maximum atomic E-state index is 12.9. The van der Waals surface area contributed by atoms with Crippen molar-refractivity contribution in [3.05, 3.63) is 48.0 Å². The van der Waals surface area contributed by atoms with Gasteiger partial charge in [-0.15, -0.1) is 15.3 Å². The van der Waals surface area contributed by atoms with Gasteiger partial charge in [0, 0.05) is 37.8 Å². The van der Waals surface area contributed by atoms with Gasteiger partial charge in [-0.25, -0.2) is 0 Å². The van der Waals surface area contributed by atoms with Crippen LogP contribution in [0.4, 0.5) is 0 Å². The summed E-state index contributed by atoms with van der Waals surface area (Å²) in [5.41, 5.74) is 1.74. The summed E-state index contributed by atoms with van der Waals surface area (Å²) >= 11 is 0. The monoisotopic (exact) mass is 366 g/mol. The van der Waals surface area contributed by atoms with Crippen molar-refractivity contribution in [3.8, 4) is 5.88 Å². The first-order valence-corrected chi connectivity index (χ1v) is 9.21. The van der Waals surface area contributed by atoms with Crippen molar-refractivity contribution in [2.75, 3.05) is 13.7 Å². The highest BCUT2D eigenvalue weighted by molar-refractivity contribution is 5.77. The van der Waals surface area contributed by atoms with E-state index < -0.39 is 0 Å². The minimum absolute atomic E-state index is 0.105. The molecule has 3 aromatic heterocycles. The molecule has 0 radical (unpaired) electrons. The van der Waals surface area contributed by atoms with E-state index in [1.807, 2.05) is 23.2 Å². The number of likely N-dealkylation sites (tertiary alicyclic amines) is 1. The fourth-order valence-corrected chi connectivity index (χ4v) is 3.59. The van der Waals surface area contributed by atoms with Gasteiger partial charge in [0.1, 0.15) is 0 Å². The Morgan fingerprint density at radius 3 is 3.00 bits per heavy atom. The summed E-state index contributed by atoms with van der Waals surface area (Å²) in [6, 6.07) is 7.62. The second kappa shape index (κ2) is 7.69. The highest BCUT2D eigenvalue weighted by atomic mass is 16.5. The van der Waals surface area contributed by atoms with Gasteiger partial charge in [-0.2, -0.15) is 4.52 Å². The van der Waals surface area contributed by atoms with E-state index in [2.05, 4.69) is 20.3 Å². The SMILES string of the molecule is COc1ccc2nnc(CCC(=O)N3CCCC[C@H]3c3cccnc3)n2n1. The van der Waals surface area contributed by atoms with Crippen LogP contribution in [0, 0.1) is 0 Å². The topological polar surface area (TPSA) is 85.5 Å². The van der Waals surface area contributed by atoms with Gasteiger partial charge in [0.2, 0.25) is 11.8 Å². The molecule has 0 N–H and O–H groups in total. The fourth-order valence-electron chi connectivity index (χ4n) is 3.59. The number of aryl methyl sites for hydroxylation is 1. The number of hydrogen-bond acceptors (Lipinski definition) is 6. The Kier molecular flexibility index (Phi) is 4.95. The lowest BCUT2D eigenvalue weighted by molar-refractivity contribution is -0.135. The molecule has 1 amide bonds. The fraction of sp³-hybridized carbons (Fsp3) is 0.421. The zero-order valence-electron chi connectivity index (χ0n) is 15.3. The highest BCUT2D eigenvalue weighted by Crippen LogP contribution is 2.31. The van der Waals surface area contributed by atoms with Gasteiger partial charge >= 0.3 is 0 Å². The van der Waals surface area contributed by atoms with Crippen LogP contribution in [-0.2, 0) is 11.2 Å². The number of carbonyl (C=O) groups excluding carboxylic acids is 1. The van der Waals surface area contributed by atoms with Crippen LogP contribution in [0.15, 0.2) is 36.7 Å². The third-order valence-corrected chi connectivity index (χ3v) is 4.97. The number of ether oxygens (including phenoxy) is 1. The lowest BCUT2D eigenvalue weighted by Gasteiger charge is -2.36. The van der Waals surface area contributed by atoms with Gasteiger partial charge in [-0.05, 0) is 37.0 Å². The van der Waals surface area contributed by atoms with Crippen LogP contribution >= 0.6 is 0 Å². The molecular formula is C19H22N6O2. The van der Waals surface area contributed by atoms with Crippen LogP contribution in [0.1, 0.15) is 43.1 Å². The normalized spacial score (nSPS) is 17.2.